The summed E-state index contributed by atoms with van der Waals surface area (Å²) in [6, 6.07) is 9.92. The molecule has 0 amide bonds. The first kappa shape index (κ1) is 15.1. The van der Waals surface area contributed by atoms with E-state index in [2.05, 4.69) is 10.9 Å². The number of anilines is 1. The summed E-state index contributed by atoms with van der Waals surface area (Å²) >= 11 is 0. The monoisotopic (exact) mass is 300 g/mol. The van der Waals surface area contributed by atoms with Crippen molar-refractivity contribution in [3.63, 3.8) is 0 Å². The molecule has 2 rings (SSSR count). The SMILES string of the molecule is Oc1cc(F)c(C(F)(F)F)cc1CNNc1ccccc1. The Bertz CT molecular complexity index is 614. The van der Waals surface area contributed by atoms with Crippen LogP contribution in [0.5, 0.6) is 5.75 Å². The molecule has 0 radical (unpaired) electrons. The third-order valence-corrected chi connectivity index (χ3v) is 2.76. The van der Waals surface area contributed by atoms with Gasteiger partial charge in [0, 0.05) is 23.9 Å². The summed E-state index contributed by atoms with van der Waals surface area (Å²) in [5, 5.41) is 9.50. The quantitative estimate of drug-likeness (QED) is 0.596. The normalized spacial score (nSPS) is 11.4. The molecule has 7 heteroatoms. The predicted octanol–water partition coefficient (Wildman–Crippen LogP) is 3.67. The Labute approximate surface area is 118 Å². The number of rotatable bonds is 4. The van der Waals surface area contributed by atoms with Gasteiger partial charge >= 0.3 is 6.18 Å². The van der Waals surface area contributed by atoms with E-state index in [0.717, 1.165) is 0 Å². The topological polar surface area (TPSA) is 44.3 Å². The highest BCUT2D eigenvalue weighted by atomic mass is 19.4. The van der Waals surface area contributed by atoms with Gasteiger partial charge in [-0.15, -0.1) is 0 Å². The van der Waals surface area contributed by atoms with Crippen molar-refractivity contribution in [3.8, 4) is 5.75 Å². The fraction of sp³-hybridized carbons (Fsp3) is 0.143. The van der Waals surface area contributed by atoms with Crippen molar-refractivity contribution in [3.05, 3.63) is 59.4 Å². The van der Waals surface area contributed by atoms with Gasteiger partial charge < -0.3 is 10.5 Å². The lowest BCUT2D eigenvalue weighted by Gasteiger charge is -2.13. The lowest BCUT2D eigenvalue weighted by molar-refractivity contribution is -0.140. The third kappa shape index (κ3) is 3.85. The van der Waals surface area contributed by atoms with E-state index in [1.54, 1.807) is 24.3 Å². The summed E-state index contributed by atoms with van der Waals surface area (Å²) in [7, 11) is 0. The molecular formula is C14H12F4N2O. The van der Waals surface area contributed by atoms with Gasteiger partial charge in [-0.1, -0.05) is 18.2 Å². The molecule has 112 valence electrons. The van der Waals surface area contributed by atoms with E-state index in [9.17, 15) is 22.7 Å². The molecule has 0 bridgehead atoms. The van der Waals surface area contributed by atoms with E-state index in [1.165, 1.54) is 0 Å². The van der Waals surface area contributed by atoms with Crippen LogP contribution in [0.4, 0.5) is 23.2 Å². The largest absolute Gasteiger partial charge is 0.508 e. The Balaban J connectivity index is 2.09. The van der Waals surface area contributed by atoms with Crippen molar-refractivity contribution < 1.29 is 22.7 Å². The summed E-state index contributed by atoms with van der Waals surface area (Å²) in [4.78, 5) is 0. The highest BCUT2D eigenvalue weighted by molar-refractivity contribution is 5.42. The predicted molar refractivity (Wildman–Crippen MR) is 70.0 cm³/mol. The van der Waals surface area contributed by atoms with Crippen molar-refractivity contribution in [2.45, 2.75) is 12.7 Å². The van der Waals surface area contributed by atoms with Crippen LogP contribution in [0.3, 0.4) is 0 Å². The fourth-order valence-electron chi connectivity index (χ4n) is 1.73. The highest BCUT2D eigenvalue weighted by Gasteiger charge is 2.34. The molecular weight excluding hydrogens is 288 g/mol. The second kappa shape index (κ2) is 6.01. The smallest absolute Gasteiger partial charge is 0.419 e. The van der Waals surface area contributed by atoms with Gasteiger partial charge in [0.25, 0.3) is 0 Å². The molecule has 0 atom stereocenters. The molecule has 0 saturated carbocycles. The van der Waals surface area contributed by atoms with Crippen molar-refractivity contribution in [2.24, 2.45) is 0 Å². The average molecular weight is 300 g/mol. The summed E-state index contributed by atoms with van der Waals surface area (Å²) < 4.78 is 51.0. The van der Waals surface area contributed by atoms with Crippen LogP contribution in [0.1, 0.15) is 11.1 Å². The molecule has 0 unspecified atom stereocenters. The van der Waals surface area contributed by atoms with Gasteiger partial charge in [0.15, 0.2) is 0 Å². The van der Waals surface area contributed by atoms with Gasteiger partial charge in [0.2, 0.25) is 0 Å². The molecule has 0 heterocycles. The summed E-state index contributed by atoms with van der Waals surface area (Å²) in [6.45, 7) is -0.107. The molecule has 0 aliphatic carbocycles. The minimum absolute atomic E-state index is 0.0628. The number of hydrazine groups is 1. The minimum atomic E-state index is -4.81. The molecule has 0 aliphatic rings. The minimum Gasteiger partial charge on any atom is -0.508 e. The summed E-state index contributed by atoms with van der Waals surface area (Å²) in [5.41, 5.74) is 4.65. The maximum absolute atomic E-state index is 13.2. The number of phenolic OH excluding ortho intramolecular Hbond substituents is 1. The van der Waals surface area contributed by atoms with Crippen LogP contribution in [0, 0.1) is 5.82 Å². The zero-order chi connectivity index (χ0) is 15.5. The highest BCUT2D eigenvalue weighted by Crippen LogP contribution is 2.34. The number of benzene rings is 2. The molecule has 21 heavy (non-hydrogen) atoms. The molecule has 2 aromatic rings. The second-order valence-corrected chi connectivity index (χ2v) is 4.30. The van der Waals surface area contributed by atoms with E-state index in [4.69, 9.17) is 0 Å². The number of alkyl halides is 3. The van der Waals surface area contributed by atoms with Gasteiger partial charge in [-0.05, 0) is 18.2 Å². The lowest BCUT2D eigenvalue weighted by Crippen LogP contribution is -2.21. The van der Waals surface area contributed by atoms with Crippen molar-refractivity contribution in [1.29, 1.82) is 0 Å². The molecule has 3 nitrogen and oxygen atoms in total. The Kier molecular flexibility index (Phi) is 4.32. The van der Waals surface area contributed by atoms with Crippen LogP contribution >= 0.6 is 0 Å². The molecule has 3 N–H and O–H groups in total. The summed E-state index contributed by atoms with van der Waals surface area (Å²) in [6.07, 6.45) is -4.81. The van der Waals surface area contributed by atoms with E-state index in [1.807, 2.05) is 6.07 Å². The zero-order valence-corrected chi connectivity index (χ0v) is 10.7. The maximum atomic E-state index is 13.2. The molecule has 2 aromatic carbocycles. The zero-order valence-electron chi connectivity index (χ0n) is 10.7. The van der Waals surface area contributed by atoms with E-state index < -0.39 is 23.3 Å². The number of hydrogen-bond donors (Lipinski definition) is 3. The number of halogens is 4. The Morgan fingerprint density at radius 1 is 1.05 bits per heavy atom. The molecule has 0 fully saturated rings. The first-order valence-corrected chi connectivity index (χ1v) is 6.00. The van der Waals surface area contributed by atoms with Gasteiger partial charge in [-0.2, -0.15) is 13.2 Å². The first-order chi connectivity index (χ1) is 9.88. The van der Waals surface area contributed by atoms with Crippen LogP contribution < -0.4 is 10.9 Å². The van der Waals surface area contributed by atoms with Gasteiger partial charge in [0.05, 0.1) is 5.56 Å². The van der Waals surface area contributed by atoms with Crippen LogP contribution in [-0.4, -0.2) is 5.11 Å². The van der Waals surface area contributed by atoms with Gasteiger partial charge in [-0.25, -0.2) is 9.82 Å². The third-order valence-electron chi connectivity index (χ3n) is 2.76. The number of para-hydroxylation sites is 1. The first-order valence-electron chi connectivity index (χ1n) is 6.00. The molecule has 0 aromatic heterocycles. The number of nitrogens with one attached hydrogen (secondary N) is 2. The van der Waals surface area contributed by atoms with Crippen molar-refractivity contribution in [2.75, 3.05) is 5.43 Å². The van der Waals surface area contributed by atoms with E-state index in [-0.39, 0.29) is 12.1 Å². The van der Waals surface area contributed by atoms with Crippen LogP contribution in [0.15, 0.2) is 42.5 Å². The standard InChI is InChI=1S/C14H12F4N2O/c15-12-7-13(21)9(6-11(12)14(16,17)18)8-19-20-10-4-2-1-3-5-10/h1-7,19-21H,8H2. The second-order valence-electron chi connectivity index (χ2n) is 4.30. The summed E-state index contributed by atoms with van der Waals surface area (Å²) in [5.74, 6) is -2.04. The average Bonchev–Trinajstić information content (AvgIpc) is 2.41. The Hall–Kier alpha value is -2.28. The van der Waals surface area contributed by atoms with E-state index >= 15 is 0 Å². The van der Waals surface area contributed by atoms with E-state index in [0.29, 0.717) is 17.8 Å². The number of hydrogen-bond acceptors (Lipinski definition) is 3. The molecule has 0 spiro atoms. The maximum Gasteiger partial charge on any atom is 0.419 e. The fourth-order valence-corrected chi connectivity index (χ4v) is 1.73. The molecule has 0 aliphatic heterocycles. The van der Waals surface area contributed by atoms with Crippen LogP contribution in [-0.2, 0) is 12.7 Å². The van der Waals surface area contributed by atoms with Gasteiger partial charge in [-0.3, -0.25) is 0 Å². The Morgan fingerprint density at radius 3 is 2.33 bits per heavy atom. The van der Waals surface area contributed by atoms with Gasteiger partial charge in [0.1, 0.15) is 11.6 Å². The number of aromatic hydroxyl groups is 1. The molecule has 0 saturated heterocycles. The van der Waals surface area contributed by atoms with Crippen molar-refractivity contribution >= 4 is 5.69 Å². The Morgan fingerprint density at radius 2 is 1.71 bits per heavy atom. The van der Waals surface area contributed by atoms with Crippen molar-refractivity contribution in [1.82, 2.24) is 5.43 Å². The van der Waals surface area contributed by atoms with Crippen LogP contribution in [0.2, 0.25) is 0 Å². The van der Waals surface area contributed by atoms with Crippen LogP contribution in [0.25, 0.3) is 0 Å². The lowest BCUT2D eigenvalue weighted by atomic mass is 10.1. The number of phenols is 1.